The van der Waals surface area contributed by atoms with Crippen molar-refractivity contribution in [3.8, 4) is 0 Å². The number of halogens is 1. The van der Waals surface area contributed by atoms with Crippen molar-refractivity contribution in [3.05, 3.63) is 34.4 Å². The van der Waals surface area contributed by atoms with Gasteiger partial charge in [0, 0.05) is 40.5 Å². The molecule has 0 radical (unpaired) electrons. The van der Waals surface area contributed by atoms with Crippen LogP contribution in [0.25, 0.3) is 10.9 Å². The van der Waals surface area contributed by atoms with Crippen molar-refractivity contribution < 1.29 is 9.53 Å². The fourth-order valence-electron chi connectivity index (χ4n) is 2.90. The van der Waals surface area contributed by atoms with E-state index in [1.807, 2.05) is 24.3 Å². The molecule has 0 bridgehead atoms. The Kier molecular flexibility index (Phi) is 4.75. The first kappa shape index (κ1) is 16.5. The molecule has 1 saturated heterocycles. The minimum atomic E-state index is -0.0888. The largest absolute Gasteiger partial charge is 0.379 e. The number of rotatable bonds is 4. The Bertz CT molecular complexity index is 705. The van der Waals surface area contributed by atoms with E-state index in [-0.39, 0.29) is 11.4 Å². The van der Waals surface area contributed by atoms with Gasteiger partial charge in [0.05, 0.1) is 13.2 Å². The maximum absolute atomic E-state index is 12.4. The fourth-order valence-corrected chi connectivity index (χ4v) is 3.28. The highest BCUT2D eigenvalue weighted by molar-refractivity contribution is 9.10. The number of carbonyl (C=O) groups is 1. The highest BCUT2D eigenvalue weighted by Gasteiger charge is 2.28. The van der Waals surface area contributed by atoms with Gasteiger partial charge in [-0.3, -0.25) is 9.69 Å². The third-order valence-electron chi connectivity index (χ3n) is 4.38. The van der Waals surface area contributed by atoms with Crippen LogP contribution in [0, 0.1) is 0 Å². The number of aromatic amines is 1. The van der Waals surface area contributed by atoms with Gasteiger partial charge in [-0.1, -0.05) is 15.9 Å². The highest BCUT2D eigenvalue weighted by atomic mass is 79.9. The van der Waals surface area contributed by atoms with Gasteiger partial charge < -0.3 is 15.0 Å². The molecule has 0 spiro atoms. The van der Waals surface area contributed by atoms with Crippen LogP contribution in [0.3, 0.4) is 0 Å². The third kappa shape index (κ3) is 3.76. The Hall–Kier alpha value is -1.37. The van der Waals surface area contributed by atoms with E-state index in [4.69, 9.17) is 4.74 Å². The van der Waals surface area contributed by atoms with Crippen molar-refractivity contribution in [2.45, 2.75) is 19.4 Å². The molecule has 1 fully saturated rings. The molecule has 1 aromatic carbocycles. The maximum Gasteiger partial charge on any atom is 0.267 e. The second kappa shape index (κ2) is 6.63. The van der Waals surface area contributed by atoms with Crippen LogP contribution in [0.1, 0.15) is 24.3 Å². The van der Waals surface area contributed by atoms with Crippen LogP contribution in [0.15, 0.2) is 28.7 Å². The molecular weight excluding hydrogens is 358 g/mol. The summed E-state index contributed by atoms with van der Waals surface area (Å²) in [5.74, 6) is -0.0707. The SMILES string of the molecule is CC(C)(CNC(=O)c1cc2cc(Br)ccc2[nH]1)N1CCOCC1. The zero-order chi connectivity index (χ0) is 16.4. The van der Waals surface area contributed by atoms with Crippen molar-refractivity contribution in [2.75, 3.05) is 32.8 Å². The van der Waals surface area contributed by atoms with E-state index in [2.05, 4.69) is 45.0 Å². The molecule has 0 unspecified atom stereocenters. The quantitative estimate of drug-likeness (QED) is 0.858. The number of carbonyl (C=O) groups excluding carboxylic acids is 1. The van der Waals surface area contributed by atoms with Crippen molar-refractivity contribution in [2.24, 2.45) is 0 Å². The molecular formula is C17H22BrN3O2. The summed E-state index contributed by atoms with van der Waals surface area (Å²) >= 11 is 3.45. The van der Waals surface area contributed by atoms with E-state index in [1.165, 1.54) is 0 Å². The normalized spacial score (nSPS) is 16.7. The Morgan fingerprint density at radius 2 is 2.09 bits per heavy atom. The minimum absolute atomic E-state index is 0.0707. The monoisotopic (exact) mass is 379 g/mol. The van der Waals surface area contributed by atoms with E-state index in [9.17, 15) is 4.79 Å². The van der Waals surface area contributed by atoms with Gasteiger partial charge in [-0.25, -0.2) is 0 Å². The number of aromatic nitrogens is 1. The second-order valence-electron chi connectivity index (χ2n) is 6.51. The fraction of sp³-hybridized carbons (Fsp3) is 0.471. The first-order valence-corrected chi connectivity index (χ1v) is 8.64. The molecule has 2 N–H and O–H groups in total. The first-order valence-electron chi connectivity index (χ1n) is 7.85. The molecule has 0 aliphatic carbocycles. The van der Waals surface area contributed by atoms with Crippen LogP contribution in [0.4, 0.5) is 0 Å². The summed E-state index contributed by atoms with van der Waals surface area (Å²) in [6.45, 7) is 8.24. The van der Waals surface area contributed by atoms with Crippen molar-refractivity contribution >= 4 is 32.7 Å². The third-order valence-corrected chi connectivity index (χ3v) is 4.87. The summed E-state index contributed by atoms with van der Waals surface area (Å²) < 4.78 is 6.40. The lowest BCUT2D eigenvalue weighted by Gasteiger charge is -2.40. The van der Waals surface area contributed by atoms with Gasteiger partial charge in [-0.15, -0.1) is 0 Å². The number of nitrogens with one attached hydrogen (secondary N) is 2. The minimum Gasteiger partial charge on any atom is -0.379 e. The number of fused-ring (bicyclic) bond motifs is 1. The number of H-pyrrole nitrogens is 1. The van der Waals surface area contributed by atoms with Crippen LogP contribution >= 0.6 is 15.9 Å². The Morgan fingerprint density at radius 3 is 2.83 bits per heavy atom. The lowest BCUT2D eigenvalue weighted by atomic mass is 10.0. The lowest BCUT2D eigenvalue weighted by Crippen LogP contribution is -2.55. The molecule has 23 heavy (non-hydrogen) atoms. The Balaban J connectivity index is 1.65. The highest BCUT2D eigenvalue weighted by Crippen LogP contribution is 2.21. The lowest BCUT2D eigenvalue weighted by molar-refractivity contribution is -0.00924. The number of hydrogen-bond acceptors (Lipinski definition) is 3. The average Bonchev–Trinajstić information content (AvgIpc) is 2.96. The summed E-state index contributed by atoms with van der Waals surface area (Å²) in [5, 5.41) is 4.07. The van der Waals surface area contributed by atoms with Gasteiger partial charge in [0.2, 0.25) is 0 Å². The summed E-state index contributed by atoms with van der Waals surface area (Å²) in [6, 6.07) is 7.81. The molecule has 6 heteroatoms. The van der Waals surface area contributed by atoms with E-state index in [0.29, 0.717) is 12.2 Å². The van der Waals surface area contributed by atoms with E-state index in [1.54, 1.807) is 0 Å². The molecule has 1 amide bonds. The van der Waals surface area contributed by atoms with Crippen LogP contribution in [-0.4, -0.2) is 54.2 Å². The Labute approximate surface area is 144 Å². The Morgan fingerprint density at radius 1 is 1.35 bits per heavy atom. The smallest absolute Gasteiger partial charge is 0.267 e. The van der Waals surface area contributed by atoms with Crippen molar-refractivity contribution in [3.63, 3.8) is 0 Å². The molecule has 1 aliphatic rings. The molecule has 1 aromatic heterocycles. The van der Waals surface area contributed by atoms with Gasteiger partial charge in [0.15, 0.2) is 0 Å². The molecule has 3 rings (SSSR count). The number of hydrogen-bond donors (Lipinski definition) is 2. The van der Waals surface area contributed by atoms with Gasteiger partial charge >= 0.3 is 0 Å². The zero-order valence-electron chi connectivity index (χ0n) is 13.5. The van der Waals surface area contributed by atoms with E-state index in [0.717, 1.165) is 41.7 Å². The molecule has 0 saturated carbocycles. The number of benzene rings is 1. The van der Waals surface area contributed by atoms with Gasteiger partial charge in [-0.2, -0.15) is 0 Å². The van der Waals surface area contributed by atoms with Gasteiger partial charge in [0.1, 0.15) is 5.69 Å². The maximum atomic E-state index is 12.4. The van der Waals surface area contributed by atoms with Gasteiger partial charge in [0.25, 0.3) is 5.91 Å². The zero-order valence-corrected chi connectivity index (χ0v) is 15.1. The molecule has 5 nitrogen and oxygen atoms in total. The second-order valence-corrected chi connectivity index (χ2v) is 7.42. The molecule has 2 aromatic rings. The summed E-state index contributed by atoms with van der Waals surface area (Å²) in [5.41, 5.74) is 1.47. The number of morpholine rings is 1. The standard InChI is InChI=1S/C17H22BrN3O2/c1-17(2,21-5-7-23-8-6-21)11-19-16(22)15-10-12-9-13(18)3-4-14(12)20-15/h3-4,9-10,20H,5-8,11H2,1-2H3,(H,19,22). The molecule has 2 heterocycles. The predicted molar refractivity (Wildman–Crippen MR) is 94.8 cm³/mol. The molecule has 0 atom stereocenters. The predicted octanol–water partition coefficient (Wildman–Crippen LogP) is 2.77. The summed E-state index contributed by atoms with van der Waals surface area (Å²) in [4.78, 5) is 18.0. The van der Waals surface area contributed by atoms with Crippen LogP contribution in [-0.2, 0) is 4.74 Å². The van der Waals surface area contributed by atoms with Gasteiger partial charge in [-0.05, 0) is 38.1 Å². The molecule has 124 valence electrons. The van der Waals surface area contributed by atoms with Crippen LogP contribution < -0.4 is 5.32 Å². The number of nitrogens with zero attached hydrogens (tertiary/aromatic N) is 1. The summed E-state index contributed by atoms with van der Waals surface area (Å²) in [6.07, 6.45) is 0. The average molecular weight is 380 g/mol. The van der Waals surface area contributed by atoms with Crippen molar-refractivity contribution in [1.82, 2.24) is 15.2 Å². The molecule has 1 aliphatic heterocycles. The first-order chi connectivity index (χ1) is 11.0. The van der Waals surface area contributed by atoms with Crippen LogP contribution in [0.2, 0.25) is 0 Å². The summed E-state index contributed by atoms with van der Waals surface area (Å²) in [7, 11) is 0. The topological polar surface area (TPSA) is 57.4 Å². The van der Waals surface area contributed by atoms with Crippen LogP contribution in [0.5, 0.6) is 0 Å². The van der Waals surface area contributed by atoms with E-state index < -0.39 is 0 Å². The number of amides is 1. The van der Waals surface area contributed by atoms with E-state index >= 15 is 0 Å². The van der Waals surface area contributed by atoms with Crippen molar-refractivity contribution in [1.29, 1.82) is 0 Å². The number of ether oxygens (including phenoxy) is 1.